The van der Waals surface area contributed by atoms with Gasteiger partial charge in [-0.05, 0) is 31.2 Å². The van der Waals surface area contributed by atoms with Gasteiger partial charge < -0.3 is 10.4 Å². The Labute approximate surface area is 112 Å². The Balaban J connectivity index is 1.98. The summed E-state index contributed by atoms with van der Waals surface area (Å²) < 4.78 is 1.86. The summed E-state index contributed by atoms with van der Waals surface area (Å²) in [5, 5.41) is 17.5. The second kappa shape index (κ2) is 4.49. The number of aliphatic hydroxyl groups excluding tert-OH is 1. The van der Waals surface area contributed by atoms with Gasteiger partial charge in [0, 0.05) is 12.4 Å². The third kappa shape index (κ3) is 2.08. The molecule has 3 rings (SSSR count). The van der Waals surface area contributed by atoms with Gasteiger partial charge in [-0.3, -0.25) is 0 Å². The molecule has 0 unspecified atom stereocenters. The summed E-state index contributed by atoms with van der Waals surface area (Å²) in [7, 11) is 0. The quantitative estimate of drug-likeness (QED) is 0.884. The van der Waals surface area contributed by atoms with Crippen LogP contribution >= 0.6 is 0 Å². The fourth-order valence-electron chi connectivity index (χ4n) is 2.50. The van der Waals surface area contributed by atoms with E-state index in [1.165, 1.54) is 0 Å². The molecule has 0 radical (unpaired) electrons. The first-order valence-corrected chi connectivity index (χ1v) is 6.87. The van der Waals surface area contributed by atoms with Crippen LogP contribution in [0.4, 0.5) is 5.82 Å². The summed E-state index contributed by atoms with van der Waals surface area (Å²) in [5.41, 5.74) is 1.85. The molecule has 5 heteroatoms. The van der Waals surface area contributed by atoms with E-state index in [0.29, 0.717) is 5.92 Å². The zero-order chi connectivity index (χ0) is 13.5. The number of fused-ring (bicyclic) bond motifs is 1. The van der Waals surface area contributed by atoms with Crippen LogP contribution in [0.15, 0.2) is 18.5 Å². The Hall–Kier alpha value is -1.62. The zero-order valence-corrected chi connectivity index (χ0v) is 11.4. The number of rotatable bonds is 4. The lowest BCUT2D eigenvalue weighted by molar-refractivity contribution is 0.144. The van der Waals surface area contributed by atoms with Crippen LogP contribution in [0.1, 0.15) is 44.7 Å². The van der Waals surface area contributed by atoms with Gasteiger partial charge in [0.1, 0.15) is 5.52 Å². The lowest BCUT2D eigenvalue weighted by atomic mass is 9.77. The Morgan fingerprint density at radius 3 is 2.84 bits per heavy atom. The third-order valence-corrected chi connectivity index (χ3v) is 4.00. The number of nitrogens with one attached hydrogen (secondary N) is 1. The number of nitrogens with zero attached hydrogens (tertiary/aromatic N) is 3. The molecule has 2 aromatic rings. The zero-order valence-electron chi connectivity index (χ0n) is 11.4. The Kier molecular flexibility index (Phi) is 2.93. The monoisotopic (exact) mass is 260 g/mol. The third-order valence-electron chi connectivity index (χ3n) is 4.00. The first-order valence-electron chi connectivity index (χ1n) is 6.87. The minimum Gasteiger partial charge on any atom is -0.394 e. The van der Waals surface area contributed by atoms with Gasteiger partial charge in [-0.2, -0.15) is 5.10 Å². The molecule has 1 aliphatic rings. The summed E-state index contributed by atoms with van der Waals surface area (Å²) in [6, 6.07) is 2.07. The van der Waals surface area contributed by atoms with Crippen molar-refractivity contribution in [3.05, 3.63) is 24.2 Å². The maximum absolute atomic E-state index is 9.55. The molecule has 0 aromatic carbocycles. The molecule has 0 atom stereocenters. The minimum atomic E-state index is -0.183. The summed E-state index contributed by atoms with van der Waals surface area (Å²) in [6.07, 6.45) is 6.76. The van der Waals surface area contributed by atoms with E-state index in [-0.39, 0.29) is 12.1 Å². The molecule has 19 heavy (non-hydrogen) atoms. The van der Waals surface area contributed by atoms with Crippen LogP contribution in [0.5, 0.6) is 0 Å². The minimum absolute atomic E-state index is 0.154. The summed E-state index contributed by atoms with van der Waals surface area (Å²) in [5.74, 6) is 1.21. The molecule has 0 amide bonds. The molecule has 1 aliphatic carbocycles. The van der Waals surface area contributed by atoms with Crippen molar-refractivity contribution in [3.8, 4) is 0 Å². The molecular formula is C14H20N4O. The van der Waals surface area contributed by atoms with Gasteiger partial charge in [-0.1, -0.05) is 13.8 Å². The van der Waals surface area contributed by atoms with Gasteiger partial charge in [-0.25, -0.2) is 9.50 Å². The predicted octanol–water partition coefficient (Wildman–Crippen LogP) is 2.18. The summed E-state index contributed by atoms with van der Waals surface area (Å²) in [6.45, 7) is 4.41. The summed E-state index contributed by atoms with van der Waals surface area (Å²) >= 11 is 0. The molecule has 5 nitrogen and oxygen atoms in total. The molecule has 0 bridgehead atoms. The highest BCUT2D eigenvalue weighted by molar-refractivity contribution is 5.69. The van der Waals surface area contributed by atoms with Crippen molar-refractivity contribution in [2.45, 2.75) is 44.6 Å². The first kappa shape index (κ1) is 12.4. The molecule has 1 saturated carbocycles. The van der Waals surface area contributed by atoms with E-state index in [2.05, 4.69) is 35.3 Å². The molecule has 0 aliphatic heterocycles. The number of hydrogen-bond donors (Lipinski definition) is 2. The van der Waals surface area contributed by atoms with E-state index < -0.39 is 0 Å². The van der Waals surface area contributed by atoms with Crippen molar-refractivity contribution in [1.82, 2.24) is 14.6 Å². The van der Waals surface area contributed by atoms with Crippen molar-refractivity contribution >= 4 is 11.3 Å². The molecule has 0 saturated heterocycles. The number of anilines is 1. The fraction of sp³-hybridized carbons (Fsp3) is 0.571. The van der Waals surface area contributed by atoms with Gasteiger partial charge in [0.2, 0.25) is 0 Å². The van der Waals surface area contributed by atoms with Crippen molar-refractivity contribution in [2.75, 3.05) is 11.9 Å². The SMILES string of the molecule is CC(C)c1cc2c(NC3(CO)CCC3)nccn2n1. The van der Waals surface area contributed by atoms with Crippen molar-refractivity contribution in [1.29, 1.82) is 0 Å². The van der Waals surface area contributed by atoms with Crippen LogP contribution in [0.3, 0.4) is 0 Å². The Morgan fingerprint density at radius 1 is 1.47 bits per heavy atom. The van der Waals surface area contributed by atoms with E-state index in [1.54, 1.807) is 6.20 Å². The van der Waals surface area contributed by atoms with E-state index in [1.807, 2.05) is 10.7 Å². The van der Waals surface area contributed by atoms with E-state index >= 15 is 0 Å². The Bertz CT molecular complexity index is 581. The van der Waals surface area contributed by atoms with Gasteiger partial charge >= 0.3 is 0 Å². The van der Waals surface area contributed by atoms with E-state index in [0.717, 1.165) is 36.3 Å². The Morgan fingerprint density at radius 2 is 2.26 bits per heavy atom. The fourth-order valence-corrected chi connectivity index (χ4v) is 2.50. The normalized spacial score (nSPS) is 17.7. The highest BCUT2D eigenvalue weighted by atomic mass is 16.3. The number of aliphatic hydroxyl groups is 1. The predicted molar refractivity (Wildman–Crippen MR) is 74.4 cm³/mol. The first-order chi connectivity index (χ1) is 9.13. The van der Waals surface area contributed by atoms with E-state index in [9.17, 15) is 5.11 Å². The summed E-state index contributed by atoms with van der Waals surface area (Å²) in [4.78, 5) is 4.41. The van der Waals surface area contributed by atoms with Crippen LogP contribution < -0.4 is 5.32 Å². The van der Waals surface area contributed by atoms with Gasteiger partial charge in [0.25, 0.3) is 0 Å². The van der Waals surface area contributed by atoms with Crippen LogP contribution in [0.25, 0.3) is 5.52 Å². The van der Waals surface area contributed by atoms with Crippen molar-refractivity contribution in [2.24, 2.45) is 0 Å². The van der Waals surface area contributed by atoms with E-state index in [4.69, 9.17) is 0 Å². The van der Waals surface area contributed by atoms with Crippen LogP contribution in [-0.2, 0) is 0 Å². The standard InChI is InChI=1S/C14H20N4O/c1-10(2)11-8-12-13(15-6-7-18(12)17-11)16-14(9-19)4-3-5-14/h6-8,10,19H,3-5,9H2,1-2H3,(H,15,16). The second-order valence-corrected chi connectivity index (χ2v) is 5.75. The van der Waals surface area contributed by atoms with Crippen molar-refractivity contribution < 1.29 is 5.11 Å². The van der Waals surface area contributed by atoms with Crippen LogP contribution in [0.2, 0.25) is 0 Å². The molecule has 2 N–H and O–H groups in total. The topological polar surface area (TPSA) is 62.5 Å². The van der Waals surface area contributed by atoms with Crippen LogP contribution in [-0.4, -0.2) is 31.9 Å². The molecular weight excluding hydrogens is 240 g/mol. The molecule has 1 fully saturated rings. The molecule has 2 heterocycles. The highest BCUT2D eigenvalue weighted by Crippen LogP contribution is 2.35. The van der Waals surface area contributed by atoms with Crippen LogP contribution in [0, 0.1) is 0 Å². The maximum atomic E-state index is 9.55. The number of aromatic nitrogens is 3. The molecule has 0 spiro atoms. The highest BCUT2D eigenvalue weighted by Gasteiger charge is 2.37. The lowest BCUT2D eigenvalue weighted by Crippen LogP contribution is -2.48. The van der Waals surface area contributed by atoms with Gasteiger partial charge in [0.05, 0.1) is 17.8 Å². The van der Waals surface area contributed by atoms with Crippen molar-refractivity contribution in [3.63, 3.8) is 0 Å². The molecule has 102 valence electrons. The largest absolute Gasteiger partial charge is 0.394 e. The number of hydrogen-bond acceptors (Lipinski definition) is 4. The smallest absolute Gasteiger partial charge is 0.152 e. The molecule has 2 aromatic heterocycles. The van der Waals surface area contributed by atoms with Gasteiger partial charge in [0.15, 0.2) is 5.82 Å². The average molecular weight is 260 g/mol. The maximum Gasteiger partial charge on any atom is 0.152 e. The lowest BCUT2D eigenvalue weighted by Gasteiger charge is -2.41. The second-order valence-electron chi connectivity index (χ2n) is 5.75. The average Bonchev–Trinajstić information content (AvgIpc) is 2.78. The van der Waals surface area contributed by atoms with Gasteiger partial charge in [-0.15, -0.1) is 0 Å².